The van der Waals surface area contributed by atoms with Crippen LogP contribution in [0.4, 0.5) is 4.79 Å². The smallest absolute Gasteiger partial charge is 0.407 e. The zero-order valence-electron chi connectivity index (χ0n) is 15.8. The third-order valence-electron chi connectivity index (χ3n) is 3.49. The number of ether oxygens (including phenoxy) is 2. The van der Waals surface area contributed by atoms with Gasteiger partial charge in [-0.1, -0.05) is 70.9 Å². The first kappa shape index (κ1) is 21.0. The molecular formula is C20H31NO4. The Bertz CT molecular complexity index is 522. The second-order valence-corrected chi connectivity index (χ2v) is 7.40. The highest BCUT2D eigenvalue weighted by atomic mass is 16.6. The van der Waals surface area contributed by atoms with Gasteiger partial charge in [0.15, 0.2) is 0 Å². The fraction of sp³-hybridized carbons (Fsp3) is 0.600. The van der Waals surface area contributed by atoms with Crippen LogP contribution < -0.4 is 5.32 Å². The van der Waals surface area contributed by atoms with Crippen molar-refractivity contribution in [2.75, 3.05) is 13.2 Å². The van der Waals surface area contributed by atoms with Crippen LogP contribution in [-0.4, -0.2) is 31.3 Å². The second-order valence-electron chi connectivity index (χ2n) is 7.40. The van der Waals surface area contributed by atoms with Crippen molar-refractivity contribution in [1.82, 2.24) is 5.32 Å². The minimum Gasteiger partial charge on any atom is -0.464 e. The van der Waals surface area contributed by atoms with Crippen LogP contribution in [0.5, 0.6) is 0 Å². The summed E-state index contributed by atoms with van der Waals surface area (Å²) in [6.45, 7) is 8.67. The van der Waals surface area contributed by atoms with E-state index in [9.17, 15) is 9.59 Å². The Hall–Kier alpha value is -2.04. The van der Waals surface area contributed by atoms with Crippen LogP contribution in [-0.2, 0) is 20.7 Å². The summed E-state index contributed by atoms with van der Waals surface area (Å²) in [6, 6.07) is 8.79. The molecule has 1 unspecified atom stereocenters. The van der Waals surface area contributed by atoms with Gasteiger partial charge in [-0.15, -0.1) is 0 Å². The Morgan fingerprint density at radius 3 is 2.36 bits per heavy atom. The first-order valence-electron chi connectivity index (χ1n) is 8.95. The molecule has 1 atom stereocenters. The molecule has 0 radical (unpaired) electrons. The molecule has 25 heavy (non-hydrogen) atoms. The standard InChI is InChI=1S/C20H31NO4/c1-5-6-10-13-24-18(22)17(14-16-11-8-7-9-12-16)21-19(23)25-15-20(2,3)4/h7-9,11-12,17H,5-6,10,13-15H2,1-4H3,(H,21,23). The number of alkyl carbamates (subject to hydrolysis) is 1. The number of carbonyl (C=O) groups is 2. The van der Waals surface area contributed by atoms with Crippen LogP contribution in [0.25, 0.3) is 0 Å². The molecular weight excluding hydrogens is 318 g/mol. The Kier molecular flexibility index (Phi) is 9.03. The van der Waals surface area contributed by atoms with E-state index in [4.69, 9.17) is 9.47 Å². The van der Waals surface area contributed by atoms with Crippen LogP contribution in [0.2, 0.25) is 0 Å². The summed E-state index contributed by atoms with van der Waals surface area (Å²) in [5.74, 6) is -0.423. The summed E-state index contributed by atoms with van der Waals surface area (Å²) in [5, 5.41) is 2.64. The van der Waals surface area contributed by atoms with Gasteiger partial charge in [0.2, 0.25) is 0 Å². The lowest BCUT2D eigenvalue weighted by Crippen LogP contribution is -2.44. The number of esters is 1. The molecule has 1 rings (SSSR count). The minimum absolute atomic E-state index is 0.132. The lowest BCUT2D eigenvalue weighted by molar-refractivity contribution is -0.146. The van der Waals surface area contributed by atoms with Crippen molar-refractivity contribution in [3.05, 3.63) is 35.9 Å². The maximum absolute atomic E-state index is 12.4. The van der Waals surface area contributed by atoms with Gasteiger partial charge in [-0.05, 0) is 17.4 Å². The first-order chi connectivity index (χ1) is 11.8. The summed E-state index contributed by atoms with van der Waals surface area (Å²) in [5.41, 5.74) is 0.821. The molecule has 1 aromatic rings. The molecule has 5 nitrogen and oxygen atoms in total. The van der Waals surface area contributed by atoms with E-state index in [0.717, 1.165) is 24.8 Å². The third-order valence-corrected chi connectivity index (χ3v) is 3.49. The van der Waals surface area contributed by atoms with Crippen LogP contribution in [0.3, 0.4) is 0 Å². The van der Waals surface area contributed by atoms with Crippen LogP contribution in [0.15, 0.2) is 30.3 Å². The lowest BCUT2D eigenvalue weighted by atomic mass is 9.99. The number of unbranched alkanes of at least 4 members (excludes halogenated alkanes) is 2. The fourth-order valence-corrected chi connectivity index (χ4v) is 2.13. The van der Waals surface area contributed by atoms with Crippen LogP contribution >= 0.6 is 0 Å². The molecule has 0 aliphatic carbocycles. The molecule has 1 amide bonds. The monoisotopic (exact) mass is 349 g/mol. The molecule has 0 aromatic heterocycles. The van der Waals surface area contributed by atoms with Crippen molar-refractivity contribution in [1.29, 1.82) is 0 Å². The van der Waals surface area contributed by atoms with Gasteiger partial charge in [-0.25, -0.2) is 9.59 Å². The van der Waals surface area contributed by atoms with Gasteiger partial charge >= 0.3 is 12.1 Å². The molecule has 0 aliphatic rings. The third kappa shape index (κ3) is 9.75. The Morgan fingerprint density at radius 1 is 1.08 bits per heavy atom. The SMILES string of the molecule is CCCCCOC(=O)C(Cc1ccccc1)NC(=O)OCC(C)(C)C. The molecule has 1 N–H and O–H groups in total. The number of carbonyl (C=O) groups excluding carboxylic acids is 2. The largest absolute Gasteiger partial charge is 0.464 e. The van der Waals surface area contributed by atoms with E-state index in [1.165, 1.54) is 0 Å². The van der Waals surface area contributed by atoms with Crippen molar-refractivity contribution in [2.45, 2.75) is 59.4 Å². The van der Waals surface area contributed by atoms with Crippen molar-refractivity contribution in [2.24, 2.45) is 5.41 Å². The van der Waals surface area contributed by atoms with E-state index >= 15 is 0 Å². The second kappa shape index (κ2) is 10.7. The van der Waals surface area contributed by atoms with E-state index < -0.39 is 18.1 Å². The molecule has 0 spiro atoms. The van der Waals surface area contributed by atoms with Gasteiger partial charge in [-0.2, -0.15) is 0 Å². The number of rotatable bonds is 9. The van der Waals surface area contributed by atoms with E-state index in [0.29, 0.717) is 13.0 Å². The molecule has 0 saturated heterocycles. The van der Waals surface area contributed by atoms with E-state index in [1.807, 2.05) is 51.1 Å². The Morgan fingerprint density at radius 2 is 1.76 bits per heavy atom. The molecule has 0 aliphatic heterocycles. The molecule has 0 bridgehead atoms. The average Bonchev–Trinajstić information content (AvgIpc) is 2.56. The maximum Gasteiger partial charge on any atom is 0.407 e. The molecule has 5 heteroatoms. The van der Waals surface area contributed by atoms with E-state index in [2.05, 4.69) is 12.2 Å². The molecule has 0 saturated carbocycles. The van der Waals surface area contributed by atoms with Crippen molar-refractivity contribution >= 4 is 12.1 Å². The number of amides is 1. The quantitative estimate of drug-likeness (QED) is 0.538. The maximum atomic E-state index is 12.4. The molecule has 0 fully saturated rings. The van der Waals surface area contributed by atoms with E-state index in [-0.39, 0.29) is 12.0 Å². The topological polar surface area (TPSA) is 64.6 Å². The van der Waals surface area contributed by atoms with Crippen LogP contribution in [0, 0.1) is 5.41 Å². The van der Waals surface area contributed by atoms with Gasteiger partial charge in [0.05, 0.1) is 13.2 Å². The Balaban J connectivity index is 2.63. The highest BCUT2D eigenvalue weighted by molar-refractivity contribution is 5.81. The molecule has 0 heterocycles. The summed E-state index contributed by atoms with van der Waals surface area (Å²) in [4.78, 5) is 24.4. The highest BCUT2D eigenvalue weighted by Gasteiger charge is 2.24. The van der Waals surface area contributed by atoms with Crippen molar-refractivity contribution < 1.29 is 19.1 Å². The number of hydrogen-bond acceptors (Lipinski definition) is 4. The zero-order chi connectivity index (χ0) is 18.7. The predicted octanol–water partition coefficient (Wildman–Crippen LogP) is 4.10. The summed E-state index contributed by atoms with van der Waals surface area (Å²) >= 11 is 0. The summed E-state index contributed by atoms with van der Waals surface area (Å²) in [6.07, 6.45) is 2.67. The predicted molar refractivity (Wildman–Crippen MR) is 98.4 cm³/mol. The van der Waals surface area contributed by atoms with Crippen molar-refractivity contribution in [3.63, 3.8) is 0 Å². The highest BCUT2D eigenvalue weighted by Crippen LogP contribution is 2.13. The van der Waals surface area contributed by atoms with Crippen LogP contribution in [0.1, 0.15) is 52.5 Å². The minimum atomic E-state index is -0.753. The zero-order valence-corrected chi connectivity index (χ0v) is 15.8. The van der Waals surface area contributed by atoms with Gasteiger partial charge < -0.3 is 14.8 Å². The lowest BCUT2D eigenvalue weighted by Gasteiger charge is -2.21. The van der Waals surface area contributed by atoms with E-state index in [1.54, 1.807) is 0 Å². The van der Waals surface area contributed by atoms with Gasteiger partial charge in [0.25, 0.3) is 0 Å². The summed E-state index contributed by atoms with van der Waals surface area (Å²) < 4.78 is 10.5. The number of hydrogen-bond donors (Lipinski definition) is 1. The van der Waals surface area contributed by atoms with Crippen molar-refractivity contribution in [3.8, 4) is 0 Å². The fourth-order valence-electron chi connectivity index (χ4n) is 2.13. The number of benzene rings is 1. The molecule has 140 valence electrons. The normalized spacial score (nSPS) is 12.3. The molecule has 1 aromatic carbocycles. The van der Waals surface area contributed by atoms with Gasteiger partial charge in [0.1, 0.15) is 6.04 Å². The Labute approximate surface area is 151 Å². The number of nitrogens with one attached hydrogen (secondary N) is 1. The van der Waals surface area contributed by atoms with Gasteiger partial charge in [0, 0.05) is 6.42 Å². The summed E-state index contributed by atoms with van der Waals surface area (Å²) in [7, 11) is 0. The van der Waals surface area contributed by atoms with Gasteiger partial charge in [-0.3, -0.25) is 0 Å². The average molecular weight is 349 g/mol. The first-order valence-corrected chi connectivity index (χ1v) is 8.95.